The zero-order valence-corrected chi connectivity index (χ0v) is 14.6. The largest absolute Gasteiger partial charge is 0.477 e. The third-order valence-corrected chi connectivity index (χ3v) is 4.97. The fourth-order valence-electron chi connectivity index (χ4n) is 2.27. The van der Waals surface area contributed by atoms with Crippen LogP contribution in [0.1, 0.15) is 46.0 Å². The highest BCUT2D eigenvalue weighted by atomic mass is 32.2. The summed E-state index contributed by atoms with van der Waals surface area (Å²) in [5.41, 5.74) is 5.00. The lowest BCUT2D eigenvalue weighted by atomic mass is 10.1. The quantitative estimate of drug-likeness (QED) is 0.392. The number of primary amides is 1. The molecule has 1 aliphatic carbocycles. The molecular weight excluding hydrogens is 316 g/mol. The van der Waals surface area contributed by atoms with Crippen molar-refractivity contribution >= 4 is 29.5 Å². The second kappa shape index (κ2) is 8.96. The summed E-state index contributed by atoms with van der Waals surface area (Å²) in [5, 5.41) is 11.7. The molecule has 0 aromatic rings. The second-order valence-corrected chi connectivity index (χ2v) is 7.63. The van der Waals surface area contributed by atoms with Crippen molar-refractivity contribution in [1.29, 1.82) is 0 Å². The molecule has 0 radical (unpaired) electrons. The van der Waals surface area contributed by atoms with E-state index in [2.05, 4.69) is 5.32 Å². The van der Waals surface area contributed by atoms with Crippen LogP contribution in [0, 0.1) is 11.3 Å². The van der Waals surface area contributed by atoms with Crippen LogP contribution in [-0.4, -0.2) is 34.4 Å². The van der Waals surface area contributed by atoms with Gasteiger partial charge in [-0.05, 0) is 36.9 Å². The summed E-state index contributed by atoms with van der Waals surface area (Å²) in [6, 6.07) is 0. The van der Waals surface area contributed by atoms with Gasteiger partial charge in [0.25, 0.3) is 0 Å². The third kappa shape index (κ3) is 7.54. The van der Waals surface area contributed by atoms with Crippen molar-refractivity contribution < 1.29 is 19.5 Å². The molecule has 1 saturated carbocycles. The number of hydrogen-bond acceptors (Lipinski definition) is 4. The van der Waals surface area contributed by atoms with Crippen molar-refractivity contribution in [1.82, 2.24) is 5.32 Å². The molecule has 0 aliphatic heterocycles. The first-order valence-corrected chi connectivity index (χ1v) is 9.00. The lowest BCUT2D eigenvalue weighted by Crippen LogP contribution is -2.29. The molecule has 1 fully saturated rings. The first-order chi connectivity index (χ1) is 10.7. The van der Waals surface area contributed by atoms with Crippen LogP contribution >= 0.6 is 11.8 Å². The van der Waals surface area contributed by atoms with E-state index in [1.165, 1.54) is 11.8 Å². The van der Waals surface area contributed by atoms with E-state index >= 15 is 0 Å². The molecule has 1 unspecified atom stereocenters. The maximum atomic E-state index is 11.9. The van der Waals surface area contributed by atoms with E-state index in [-0.39, 0.29) is 28.8 Å². The molecular formula is C16H26N2O4S. The highest BCUT2D eigenvalue weighted by Gasteiger charge is 2.50. The normalized spacial score (nSPS) is 19.2. The van der Waals surface area contributed by atoms with E-state index in [4.69, 9.17) is 10.8 Å². The third-order valence-electron chi connectivity index (χ3n) is 3.90. The second-order valence-electron chi connectivity index (χ2n) is 6.53. The van der Waals surface area contributed by atoms with Gasteiger partial charge in [0.05, 0.1) is 5.75 Å². The lowest BCUT2D eigenvalue weighted by molar-refractivity contribution is -0.135. The van der Waals surface area contributed by atoms with E-state index in [0.29, 0.717) is 12.2 Å². The molecule has 0 aromatic heterocycles. The van der Waals surface area contributed by atoms with Gasteiger partial charge in [0.1, 0.15) is 5.70 Å². The highest BCUT2D eigenvalue weighted by Crippen LogP contribution is 2.51. The molecule has 1 atom stereocenters. The van der Waals surface area contributed by atoms with Gasteiger partial charge in [0, 0.05) is 5.92 Å². The Bertz CT molecular complexity index is 488. The maximum Gasteiger partial charge on any atom is 0.352 e. The zero-order valence-electron chi connectivity index (χ0n) is 13.8. The number of unbranched alkanes of at least 4 members (excludes halogenated alkanes) is 3. The van der Waals surface area contributed by atoms with Crippen molar-refractivity contribution in [3.8, 4) is 0 Å². The van der Waals surface area contributed by atoms with Crippen molar-refractivity contribution in [3.63, 3.8) is 0 Å². The SMILES string of the molecule is CC1(C)CC1C(=O)N/C(=C/CCCCCSCC(N)=O)C(=O)O. The standard InChI is InChI=1S/C16H26N2O4S/c1-16(2)9-11(16)14(20)18-12(15(21)22)7-5-3-4-6-8-23-10-13(17)19/h7,11H,3-6,8-10H2,1-2H3,(H2,17,19)(H,18,20)(H,21,22)/b12-7+. The Balaban J connectivity index is 2.24. The first kappa shape index (κ1) is 19.5. The van der Waals surface area contributed by atoms with Gasteiger partial charge in [-0.25, -0.2) is 4.79 Å². The average molecular weight is 342 g/mol. The lowest BCUT2D eigenvalue weighted by Gasteiger charge is -2.07. The minimum atomic E-state index is -1.10. The van der Waals surface area contributed by atoms with E-state index in [0.717, 1.165) is 31.4 Å². The summed E-state index contributed by atoms with van der Waals surface area (Å²) in [6.45, 7) is 4.00. The number of nitrogens with two attached hydrogens (primary N) is 1. The summed E-state index contributed by atoms with van der Waals surface area (Å²) in [7, 11) is 0. The van der Waals surface area contributed by atoms with Crippen molar-refractivity contribution in [3.05, 3.63) is 11.8 Å². The van der Waals surface area contributed by atoms with Crippen molar-refractivity contribution in [2.45, 2.75) is 46.0 Å². The number of thioether (sulfide) groups is 1. The van der Waals surface area contributed by atoms with E-state index in [1.807, 2.05) is 13.8 Å². The van der Waals surface area contributed by atoms with Crippen LogP contribution in [0.2, 0.25) is 0 Å². The van der Waals surface area contributed by atoms with Gasteiger partial charge in [-0.3, -0.25) is 9.59 Å². The molecule has 0 bridgehead atoms. The zero-order chi connectivity index (χ0) is 17.5. The van der Waals surface area contributed by atoms with Gasteiger partial charge >= 0.3 is 5.97 Å². The number of rotatable bonds is 11. The first-order valence-electron chi connectivity index (χ1n) is 7.84. The Labute approximate surface area is 141 Å². The van der Waals surface area contributed by atoms with Gasteiger partial charge in [-0.15, -0.1) is 0 Å². The summed E-state index contributed by atoms with van der Waals surface area (Å²) < 4.78 is 0. The number of carboxylic acid groups (broad SMARTS) is 1. The van der Waals surface area contributed by atoms with Crippen LogP contribution in [0.3, 0.4) is 0 Å². The highest BCUT2D eigenvalue weighted by molar-refractivity contribution is 7.99. The number of carbonyl (C=O) groups is 3. The fourth-order valence-corrected chi connectivity index (χ4v) is 3.02. The smallest absolute Gasteiger partial charge is 0.352 e. The van der Waals surface area contributed by atoms with Crippen molar-refractivity contribution in [2.24, 2.45) is 17.1 Å². The van der Waals surface area contributed by atoms with Gasteiger partial charge < -0.3 is 16.2 Å². The van der Waals surface area contributed by atoms with Gasteiger partial charge in [-0.1, -0.05) is 26.3 Å². The van der Waals surface area contributed by atoms with E-state index < -0.39 is 5.97 Å². The molecule has 0 aromatic carbocycles. The number of amides is 2. The van der Waals surface area contributed by atoms with Crippen LogP contribution in [-0.2, 0) is 14.4 Å². The summed E-state index contributed by atoms with van der Waals surface area (Å²) >= 11 is 1.51. The molecule has 4 N–H and O–H groups in total. The molecule has 23 heavy (non-hydrogen) atoms. The number of nitrogens with one attached hydrogen (secondary N) is 1. The molecule has 1 aliphatic rings. The fraction of sp³-hybridized carbons (Fsp3) is 0.688. The minimum Gasteiger partial charge on any atom is -0.477 e. The Morgan fingerprint density at radius 2 is 1.96 bits per heavy atom. The van der Waals surface area contributed by atoms with Crippen LogP contribution in [0.4, 0.5) is 0 Å². The van der Waals surface area contributed by atoms with Gasteiger partial charge in [-0.2, -0.15) is 11.8 Å². The number of carbonyl (C=O) groups excluding carboxylic acids is 2. The number of hydrogen-bond donors (Lipinski definition) is 3. The molecule has 1 rings (SSSR count). The maximum absolute atomic E-state index is 11.9. The van der Waals surface area contributed by atoms with Crippen molar-refractivity contribution in [2.75, 3.05) is 11.5 Å². The monoisotopic (exact) mass is 342 g/mol. The number of allylic oxidation sites excluding steroid dienone is 1. The summed E-state index contributed by atoms with van der Waals surface area (Å²) in [6.07, 6.45) is 5.73. The Morgan fingerprint density at radius 3 is 2.48 bits per heavy atom. The Morgan fingerprint density at radius 1 is 1.30 bits per heavy atom. The minimum absolute atomic E-state index is 0.0176. The molecule has 0 heterocycles. The van der Waals surface area contributed by atoms with Crippen LogP contribution in [0.25, 0.3) is 0 Å². The molecule has 0 saturated heterocycles. The van der Waals surface area contributed by atoms with E-state index in [9.17, 15) is 14.4 Å². The van der Waals surface area contributed by atoms with Crippen LogP contribution in [0.15, 0.2) is 11.8 Å². The number of carboxylic acids is 1. The molecule has 7 heteroatoms. The molecule has 130 valence electrons. The molecule has 0 spiro atoms. The predicted octanol–water partition coefficient (Wildman–Crippen LogP) is 1.90. The summed E-state index contributed by atoms with van der Waals surface area (Å²) in [4.78, 5) is 33.7. The van der Waals surface area contributed by atoms with Gasteiger partial charge in [0.15, 0.2) is 0 Å². The average Bonchev–Trinajstić information content (AvgIpc) is 3.08. The Hall–Kier alpha value is -1.50. The van der Waals surface area contributed by atoms with E-state index in [1.54, 1.807) is 6.08 Å². The molecule has 6 nitrogen and oxygen atoms in total. The Kier molecular flexibility index (Phi) is 7.61. The molecule has 2 amide bonds. The van der Waals surface area contributed by atoms with Crippen LogP contribution < -0.4 is 11.1 Å². The predicted molar refractivity (Wildman–Crippen MR) is 90.7 cm³/mol. The van der Waals surface area contributed by atoms with Gasteiger partial charge in [0.2, 0.25) is 11.8 Å². The van der Waals surface area contributed by atoms with Crippen LogP contribution in [0.5, 0.6) is 0 Å². The number of aliphatic carboxylic acids is 1. The summed E-state index contributed by atoms with van der Waals surface area (Å²) in [5.74, 6) is -0.495. The topological polar surface area (TPSA) is 109 Å².